The van der Waals surface area contributed by atoms with Crippen LogP contribution in [0.15, 0.2) is 4.79 Å². The molecule has 0 spiro atoms. The van der Waals surface area contributed by atoms with Gasteiger partial charge in [0, 0.05) is 7.05 Å². The molecule has 0 aromatic carbocycles. The van der Waals surface area contributed by atoms with E-state index in [1.807, 2.05) is 0 Å². The highest BCUT2D eigenvalue weighted by Crippen LogP contribution is 1.87. The van der Waals surface area contributed by atoms with E-state index >= 15 is 0 Å². The van der Waals surface area contributed by atoms with Gasteiger partial charge in [0.15, 0.2) is 0 Å². The summed E-state index contributed by atoms with van der Waals surface area (Å²) in [4.78, 5) is 18.2. The number of nitrogen functional groups attached to an aromatic ring is 1. The van der Waals surface area contributed by atoms with Gasteiger partial charge in [-0.15, -0.1) is 0 Å². The van der Waals surface area contributed by atoms with E-state index in [1.54, 1.807) is 14.0 Å². The molecule has 0 amide bonds. The molecule has 0 aliphatic rings. The first-order valence-corrected chi connectivity index (χ1v) is 3.06. The molecule has 1 aromatic rings. The monoisotopic (exact) mass is 155 g/mol. The Bertz CT molecular complexity index is 317. The van der Waals surface area contributed by atoms with Gasteiger partial charge in [0.05, 0.1) is 0 Å². The molecule has 0 bridgehead atoms. The van der Waals surface area contributed by atoms with Gasteiger partial charge in [0.25, 0.3) is 0 Å². The largest absolute Gasteiger partial charge is 0.371 e. The Labute approximate surface area is 63.1 Å². The summed E-state index contributed by atoms with van der Waals surface area (Å²) in [5, 5.41) is 0. The van der Waals surface area contributed by atoms with Crippen molar-refractivity contribution in [3.05, 3.63) is 16.3 Å². The minimum absolute atomic E-state index is 0.000926. The predicted octanol–water partition coefficient (Wildman–Crippen LogP) is -1.30. The average molecular weight is 155 g/mol. The van der Waals surface area contributed by atoms with E-state index in [1.165, 1.54) is 4.68 Å². The van der Waals surface area contributed by atoms with Crippen molar-refractivity contribution in [3.8, 4) is 0 Å². The zero-order chi connectivity index (χ0) is 8.43. The molecule has 0 aliphatic heterocycles. The van der Waals surface area contributed by atoms with E-state index in [4.69, 9.17) is 5.73 Å². The summed E-state index contributed by atoms with van der Waals surface area (Å²) in [6.07, 6.45) is 0. The fourth-order valence-electron chi connectivity index (χ4n) is 0.785. The second kappa shape index (κ2) is 2.57. The Kier molecular flexibility index (Phi) is 1.75. The van der Waals surface area contributed by atoms with Crippen LogP contribution in [0.4, 0.5) is 5.95 Å². The third-order valence-corrected chi connectivity index (χ3v) is 1.23. The summed E-state index contributed by atoms with van der Waals surface area (Å²) in [5.41, 5.74) is 7.39. The third-order valence-electron chi connectivity index (χ3n) is 1.23. The molecule has 1 rings (SSSR count). The van der Waals surface area contributed by atoms with Crippen molar-refractivity contribution in [2.75, 3.05) is 18.2 Å². The van der Waals surface area contributed by atoms with Crippen LogP contribution in [0.3, 0.4) is 0 Å². The number of hydrogen-bond donors (Lipinski definition) is 2. The molecule has 0 saturated heterocycles. The van der Waals surface area contributed by atoms with Gasteiger partial charge in [-0.3, -0.25) is 0 Å². The summed E-state index contributed by atoms with van der Waals surface area (Å²) in [5.74, 6) is 0.490. The standard InChI is InChI=1S/C5H9N5O/c1-3-8-4(6)9-5(11)10(3)7-2/h7H,1-2H3,(H2,6,9,11). The van der Waals surface area contributed by atoms with Gasteiger partial charge < -0.3 is 11.2 Å². The van der Waals surface area contributed by atoms with Crippen molar-refractivity contribution in [1.82, 2.24) is 14.6 Å². The Morgan fingerprint density at radius 2 is 2.18 bits per heavy atom. The third kappa shape index (κ3) is 1.28. The van der Waals surface area contributed by atoms with Crippen molar-refractivity contribution in [2.45, 2.75) is 6.92 Å². The van der Waals surface area contributed by atoms with Gasteiger partial charge in [0.2, 0.25) is 5.95 Å². The summed E-state index contributed by atoms with van der Waals surface area (Å²) in [6, 6.07) is 0. The lowest BCUT2D eigenvalue weighted by atomic mass is 10.7. The van der Waals surface area contributed by atoms with Crippen molar-refractivity contribution in [3.63, 3.8) is 0 Å². The first-order chi connectivity index (χ1) is 5.15. The molecule has 0 atom stereocenters. The highest BCUT2D eigenvalue weighted by Gasteiger charge is 2.00. The smallest absolute Gasteiger partial charge is 0.368 e. The summed E-state index contributed by atoms with van der Waals surface area (Å²) >= 11 is 0. The van der Waals surface area contributed by atoms with Crippen molar-refractivity contribution >= 4 is 5.95 Å². The molecule has 3 N–H and O–H groups in total. The fourth-order valence-corrected chi connectivity index (χ4v) is 0.785. The maximum absolute atomic E-state index is 11.0. The lowest BCUT2D eigenvalue weighted by Gasteiger charge is -2.05. The van der Waals surface area contributed by atoms with Gasteiger partial charge in [-0.2, -0.15) is 14.6 Å². The van der Waals surface area contributed by atoms with E-state index in [0.29, 0.717) is 5.82 Å². The number of nitrogens with one attached hydrogen (secondary N) is 1. The number of aryl methyl sites for hydroxylation is 1. The number of nitrogens with zero attached hydrogens (tertiary/aromatic N) is 3. The van der Waals surface area contributed by atoms with Gasteiger partial charge >= 0.3 is 5.69 Å². The highest BCUT2D eigenvalue weighted by molar-refractivity contribution is 5.13. The Balaban J connectivity index is 3.37. The Hall–Kier alpha value is -1.59. The second-order valence-corrected chi connectivity index (χ2v) is 1.97. The van der Waals surface area contributed by atoms with Gasteiger partial charge in [-0.25, -0.2) is 4.79 Å². The average Bonchev–Trinajstić information content (AvgIpc) is 1.85. The highest BCUT2D eigenvalue weighted by atomic mass is 16.2. The van der Waals surface area contributed by atoms with E-state index in [-0.39, 0.29) is 5.95 Å². The first-order valence-electron chi connectivity index (χ1n) is 3.06. The molecule has 11 heavy (non-hydrogen) atoms. The summed E-state index contributed by atoms with van der Waals surface area (Å²) in [6.45, 7) is 1.66. The molecule has 1 heterocycles. The molecule has 0 aliphatic carbocycles. The Morgan fingerprint density at radius 1 is 1.55 bits per heavy atom. The summed E-state index contributed by atoms with van der Waals surface area (Å²) in [7, 11) is 1.61. The van der Waals surface area contributed by atoms with Gasteiger partial charge in [-0.05, 0) is 6.92 Å². The number of nitrogens with two attached hydrogens (primary N) is 1. The van der Waals surface area contributed by atoms with Crippen LogP contribution in [-0.2, 0) is 0 Å². The van der Waals surface area contributed by atoms with Crippen LogP contribution >= 0.6 is 0 Å². The maximum atomic E-state index is 11.0. The molecule has 0 unspecified atom stereocenters. The zero-order valence-electron chi connectivity index (χ0n) is 6.33. The predicted molar refractivity (Wildman–Crippen MR) is 40.7 cm³/mol. The molecule has 0 fully saturated rings. The van der Waals surface area contributed by atoms with Gasteiger partial charge in [0.1, 0.15) is 5.82 Å². The molecule has 6 heteroatoms. The fraction of sp³-hybridized carbons (Fsp3) is 0.400. The van der Waals surface area contributed by atoms with Crippen molar-refractivity contribution in [2.24, 2.45) is 0 Å². The van der Waals surface area contributed by atoms with Crippen molar-refractivity contribution in [1.29, 1.82) is 0 Å². The van der Waals surface area contributed by atoms with Gasteiger partial charge in [-0.1, -0.05) is 0 Å². The van der Waals surface area contributed by atoms with Crippen LogP contribution in [-0.4, -0.2) is 21.7 Å². The number of anilines is 1. The van der Waals surface area contributed by atoms with E-state index in [9.17, 15) is 4.79 Å². The lowest BCUT2D eigenvalue weighted by molar-refractivity contribution is 0.748. The second-order valence-electron chi connectivity index (χ2n) is 1.97. The van der Waals surface area contributed by atoms with Crippen LogP contribution in [0.25, 0.3) is 0 Å². The molecule has 6 nitrogen and oxygen atoms in total. The van der Waals surface area contributed by atoms with E-state index in [0.717, 1.165) is 0 Å². The van der Waals surface area contributed by atoms with Crippen molar-refractivity contribution < 1.29 is 0 Å². The first kappa shape index (κ1) is 7.52. The maximum Gasteiger partial charge on any atom is 0.371 e. The zero-order valence-corrected chi connectivity index (χ0v) is 6.33. The quantitative estimate of drug-likeness (QED) is 0.526. The topological polar surface area (TPSA) is 85.8 Å². The van der Waals surface area contributed by atoms with Crippen LogP contribution in [0, 0.1) is 6.92 Å². The molecule has 0 saturated carbocycles. The lowest BCUT2D eigenvalue weighted by Crippen LogP contribution is -2.32. The SMILES string of the molecule is CNn1c(C)nc(N)nc1=O. The van der Waals surface area contributed by atoms with Crippen LogP contribution in [0.5, 0.6) is 0 Å². The number of rotatable bonds is 1. The minimum atomic E-state index is -0.447. The molecule has 1 aromatic heterocycles. The van der Waals surface area contributed by atoms with E-state index in [2.05, 4.69) is 15.4 Å². The molecule has 60 valence electrons. The molecular weight excluding hydrogens is 146 g/mol. The molecule has 0 radical (unpaired) electrons. The number of aromatic nitrogens is 3. The molecular formula is C5H9N5O. The van der Waals surface area contributed by atoms with Crippen LogP contribution < -0.4 is 16.8 Å². The van der Waals surface area contributed by atoms with Crippen LogP contribution in [0.2, 0.25) is 0 Å². The summed E-state index contributed by atoms with van der Waals surface area (Å²) < 4.78 is 1.20. The Morgan fingerprint density at radius 3 is 2.64 bits per heavy atom. The van der Waals surface area contributed by atoms with E-state index < -0.39 is 5.69 Å². The minimum Gasteiger partial charge on any atom is -0.368 e. The van der Waals surface area contributed by atoms with Crippen LogP contribution in [0.1, 0.15) is 5.82 Å². The number of hydrogen-bond acceptors (Lipinski definition) is 5. The normalized spacial score (nSPS) is 9.64.